The first kappa shape index (κ1) is 34.7. The van der Waals surface area contributed by atoms with Crippen LogP contribution in [0.5, 0.6) is 5.75 Å². The van der Waals surface area contributed by atoms with Gasteiger partial charge in [-0.25, -0.2) is 17.9 Å². The van der Waals surface area contributed by atoms with Crippen molar-refractivity contribution in [2.45, 2.75) is 31.7 Å². The molecule has 1 aliphatic heterocycles. The van der Waals surface area contributed by atoms with E-state index < -0.39 is 16.0 Å². The second kappa shape index (κ2) is 16.0. The Hall–Kier alpha value is -4.15. The monoisotopic (exact) mass is 699 g/mol. The molecular formula is C39H42ClN3O5S. The molecule has 4 aromatic carbocycles. The molecule has 0 spiro atoms. The van der Waals surface area contributed by atoms with Crippen LogP contribution in [0.25, 0.3) is 10.9 Å². The van der Waals surface area contributed by atoms with Gasteiger partial charge in [0.25, 0.3) is 0 Å². The Balaban J connectivity index is 1.36. The van der Waals surface area contributed by atoms with E-state index in [0.717, 1.165) is 59.2 Å². The summed E-state index contributed by atoms with van der Waals surface area (Å²) in [6.45, 7) is 3.07. The second-order valence-corrected chi connectivity index (χ2v) is 14.7. The highest BCUT2D eigenvalue weighted by atomic mass is 35.5. The Kier molecular flexibility index (Phi) is 11.4. The third-order valence-electron chi connectivity index (χ3n) is 9.13. The van der Waals surface area contributed by atoms with Crippen molar-refractivity contribution < 1.29 is 22.7 Å². The minimum Gasteiger partial charge on any atom is -0.493 e. The summed E-state index contributed by atoms with van der Waals surface area (Å²) in [6.07, 6.45) is 3.26. The first-order valence-corrected chi connectivity index (χ1v) is 18.8. The van der Waals surface area contributed by atoms with Gasteiger partial charge in [0.15, 0.2) is 0 Å². The van der Waals surface area contributed by atoms with Gasteiger partial charge < -0.3 is 18.9 Å². The Morgan fingerprint density at radius 1 is 0.878 bits per heavy atom. The molecule has 256 valence electrons. The molecule has 0 aliphatic carbocycles. The zero-order valence-corrected chi connectivity index (χ0v) is 29.3. The Morgan fingerprint density at radius 3 is 2.16 bits per heavy atom. The largest absolute Gasteiger partial charge is 0.493 e. The summed E-state index contributed by atoms with van der Waals surface area (Å²) in [6, 6.07) is 33.4. The van der Waals surface area contributed by atoms with E-state index >= 15 is 0 Å². The molecule has 0 saturated carbocycles. The summed E-state index contributed by atoms with van der Waals surface area (Å²) in [5, 5.41) is 1.62. The quantitative estimate of drug-likeness (QED) is 0.120. The van der Waals surface area contributed by atoms with Gasteiger partial charge in [-0.15, -0.1) is 0 Å². The molecule has 2 heterocycles. The molecule has 1 aromatic heterocycles. The number of sulfonamides is 1. The predicted octanol–water partition coefficient (Wildman–Crippen LogP) is 6.90. The van der Waals surface area contributed by atoms with Crippen molar-refractivity contribution in [2.75, 3.05) is 45.6 Å². The van der Waals surface area contributed by atoms with E-state index in [-0.39, 0.29) is 18.3 Å². The number of nitrogens with one attached hydrogen (secondary N) is 1. The summed E-state index contributed by atoms with van der Waals surface area (Å²) in [4.78, 5) is 14.1. The van der Waals surface area contributed by atoms with E-state index in [1.54, 1.807) is 24.3 Å². The number of nitrogens with zero attached hydrogens (tertiary/aromatic N) is 2. The lowest BCUT2D eigenvalue weighted by atomic mass is 9.97. The highest BCUT2D eigenvalue weighted by Crippen LogP contribution is 2.37. The number of benzene rings is 4. The summed E-state index contributed by atoms with van der Waals surface area (Å²) in [5.41, 5.74) is 5.75. The first-order chi connectivity index (χ1) is 23.8. The first-order valence-electron chi connectivity index (χ1n) is 16.7. The SMILES string of the molecule is COC(=O)c1ccc(OCCc2c(CCNS(=O)(=O)CCN3CCCC3)n(C(c3ccccc3)c3ccccc3)c3ccc(Cl)cc23)cc1. The van der Waals surface area contributed by atoms with Gasteiger partial charge in [0, 0.05) is 47.6 Å². The fourth-order valence-electron chi connectivity index (χ4n) is 6.74. The van der Waals surface area contributed by atoms with Crippen LogP contribution in [0.4, 0.5) is 0 Å². The van der Waals surface area contributed by atoms with Gasteiger partial charge in [-0.1, -0.05) is 72.3 Å². The number of rotatable bonds is 15. The zero-order chi connectivity index (χ0) is 34.2. The molecule has 0 atom stereocenters. The number of carbonyl (C=O) groups is 1. The number of ether oxygens (including phenoxy) is 2. The van der Waals surface area contributed by atoms with Crippen LogP contribution in [-0.2, 0) is 27.6 Å². The van der Waals surface area contributed by atoms with Crippen LogP contribution in [0, 0.1) is 0 Å². The van der Waals surface area contributed by atoms with Crippen LogP contribution in [0.1, 0.15) is 51.6 Å². The number of likely N-dealkylation sites (tertiary alicyclic amines) is 1. The summed E-state index contributed by atoms with van der Waals surface area (Å²) < 4.78 is 42.5. The molecule has 0 bridgehead atoms. The number of hydrogen-bond donors (Lipinski definition) is 1. The molecule has 1 saturated heterocycles. The van der Waals surface area contributed by atoms with Gasteiger partial charge in [0.1, 0.15) is 5.75 Å². The average molecular weight is 700 g/mol. The highest BCUT2D eigenvalue weighted by Gasteiger charge is 2.26. The summed E-state index contributed by atoms with van der Waals surface area (Å²) in [5.74, 6) is 0.310. The number of fused-ring (bicyclic) bond motifs is 1. The fourth-order valence-corrected chi connectivity index (χ4v) is 7.97. The van der Waals surface area contributed by atoms with Crippen molar-refractivity contribution in [2.24, 2.45) is 0 Å². The van der Waals surface area contributed by atoms with E-state index in [1.807, 2.05) is 48.5 Å². The zero-order valence-electron chi connectivity index (χ0n) is 27.7. The van der Waals surface area contributed by atoms with Gasteiger partial charge in [0.2, 0.25) is 10.0 Å². The van der Waals surface area contributed by atoms with Crippen molar-refractivity contribution >= 4 is 38.5 Å². The van der Waals surface area contributed by atoms with Gasteiger partial charge in [-0.05, 0) is 85.1 Å². The topological polar surface area (TPSA) is 89.9 Å². The van der Waals surface area contributed by atoms with Gasteiger partial charge in [-0.3, -0.25) is 0 Å². The maximum absolute atomic E-state index is 13.1. The number of carbonyl (C=O) groups excluding carboxylic acids is 1. The van der Waals surface area contributed by atoms with Crippen LogP contribution >= 0.6 is 11.6 Å². The van der Waals surface area contributed by atoms with Crippen LogP contribution in [-0.4, -0.2) is 69.5 Å². The van der Waals surface area contributed by atoms with Gasteiger partial charge >= 0.3 is 5.97 Å². The minimum atomic E-state index is -3.47. The molecular weight excluding hydrogens is 658 g/mol. The summed E-state index contributed by atoms with van der Waals surface area (Å²) in [7, 11) is -2.12. The molecule has 10 heteroatoms. The molecule has 8 nitrogen and oxygen atoms in total. The molecule has 49 heavy (non-hydrogen) atoms. The van der Waals surface area contributed by atoms with E-state index in [4.69, 9.17) is 21.1 Å². The van der Waals surface area contributed by atoms with Crippen molar-refractivity contribution in [3.63, 3.8) is 0 Å². The smallest absolute Gasteiger partial charge is 0.337 e. The maximum Gasteiger partial charge on any atom is 0.337 e. The predicted molar refractivity (Wildman–Crippen MR) is 195 cm³/mol. The third kappa shape index (κ3) is 8.54. The molecule has 0 unspecified atom stereocenters. The lowest BCUT2D eigenvalue weighted by Crippen LogP contribution is -2.34. The molecule has 1 fully saturated rings. The maximum atomic E-state index is 13.1. The lowest BCUT2D eigenvalue weighted by molar-refractivity contribution is 0.0600. The molecule has 5 aromatic rings. The number of esters is 1. The van der Waals surface area contributed by atoms with Crippen LogP contribution in [0.3, 0.4) is 0 Å². The summed E-state index contributed by atoms with van der Waals surface area (Å²) >= 11 is 6.63. The van der Waals surface area contributed by atoms with Crippen LogP contribution < -0.4 is 9.46 Å². The van der Waals surface area contributed by atoms with Crippen LogP contribution in [0.15, 0.2) is 103 Å². The van der Waals surface area contributed by atoms with Crippen molar-refractivity contribution in [1.29, 1.82) is 0 Å². The van der Waals surface area contributed by atoms with Crippen molar-refractivity contribution in [3.05, 3.63) is 136 Å². The van der Waals surface area contributed by atoms with Crippen molar-refractivity contribution in [1.82, 2.24) is 14.2 Å². The molecule has 0 radical (unpaired) electrons. The number of halogens is 1. The van der Waals surface area contributed by atoms with Gasteiger partial charge in [-0.2, -0.15) is 0 Å². The minimum absolute atomic E-state index is 0.0811. The average Bonchev–Trinajstić information content (AvgIpc) is 3.75. The standard InChI is InChI=1S/C39H42ClN3O5S/c1-47-39(44)31-14-17-33(18-15-31)48-26-21-34-35-28-32(40)16-19-36(35)43(38(29-10-4-2-5-11-29)30-12-6-3-7-13-30)37(34)20-22-41-49(45,46)27-25-42-23-8-9-24-42/h2-7,10-19,28,38,41H,8-9,20-27H2,1H3. The van der Waals surface area contributed by atoms with E-state index in [2.05, 4.69) is 44.5 Å². The Morgan fingerprint density at radius 2 is 1.53 bits per heavy atom. The highest BCUT2D eigenvalue weighted by molar-refractivity contribution is 7.89. The normalized spacial score (nSPS) is 13.7. The lowest BCUT2D eigenvalue weighted by Gasteiger charge is -2.25. The molecule has 1 aliphatic rings. The Bertz CT molecular complexity index is 1920. The van der Waals surface area contributed by atoms with E-state index in [9.17, 15) is 13.2 Å². The van der Waals surface area contributed by atoms with Gasteiger partial charge in [0.05, 0.1) is 31.1 Å². The number of hydrogen-bond acceptors (Lipinski definition) is 6. The molecule has 6 rings (SSSR count). The number of methoxy groups -OCH3 is 1. The number of aromatic nitrogens is 1. The fraction of sp³-hybridized carbons (Fsp3) is 0.308. The van der Waals surface area contributed by atoms with E-state index in [1.165, 1.54) is 7.11 Å². The van der Waals surface area contributed by atoms with Crippen molar-refractivity contribution in [3.8, 4) is 5.75 Å². The van der Waals surface area contributed by atoms with E-state index in [0.29, 0.717) is 42.3 Å². The Labute approximate surface area is 293 Å². The third-order valence-corrected chi connectivity index (χ3v) is 10.7. The molecule has 1 N–H and O–H groups in total. The van der Waals surface area contributed by atoms with Crippen LogP contribution in [0.2, 0.25) is 5.02 Å². The molecule has 0 amide bonds. The second-order valence-electron chi connectivity index (χ2n) is 12.3.